The average Bonchev–Trinajstić information content (AvgIpc) is 3.14. The van der Waals surface area contributed by atoms with Gasteiger partial charge in [-0.1, -0.05) is 0 Å². The molecule has 0 aromatic heterocycles. The second-order valence-electron chi connectivity index (χ2n) is 12.0. The molecule has 4 aromatic rings. The molecule has 56 heavy (non-hydrogen) atoms. The van der Waals surface area contributed by atoms with Crippen LogP contribution in [0.1, 0.15) is 41.4 Å². The van der Waals surface area contributed by atoms with Crippen LogP contribution in [0, 0.1) is 0 Å². The van der Waals surface area contributed by atoms with Crippen LogP contribution in [0.25, 0.3) is 11.1 Å². The van der Waals surface area contributed by atoms with Crippen molar-refractivity contribution in [2.24, 2.45) is 0 Å². The predicted octanol–water partition coefficient (Wildman–Crippen LogP) is 0.685. The van der Waals surface area contributed by atoms with E-state index >= 15 is 0 Å². The zero-order chi connectivity index (χ0) is 41.1. The number of aliphatic hydroxyl groups is 1. The Morgan fingerprint density at radius 1 is 0.536 bits per heavy atom. The third kappa shape index (κ3) is 6.45. The predicted molar refractivity (Wildman–Crippen MR) is 174 cm³/mol. The van der Waals surface area contributed by atoms with E-state index in [9.17, 15) is 85.6 Å². The van der Waals surface area contributed by atoms with Crippen molar-refractivity contribution in [3.05, 3.63) is 58.7 Å². The number of carbonyl (C=O) groups is 4. The Morgan fingerprint density at radius 2 is 0.929 bits per heavy atom. The lowest BCUT2D eigenvalue weighted by molar-refractivity contribution is -0.283. The number of ether oxygens (including phenoxy) is 5. The number of aliphatic hydroxyl groups excluding tert-OH is 1. The van der Waals surface area contributed by atoms with E-state index in [0.717, 1.165) is 0 Å². The maximum atomic E-state index is 13.9. The Labute approximate surface area is 309 Å². The zero-order valence-corrected chi connectivity index (χ0v) is 27.5. The van der Waals surface area contributed by atoms with Gasteiger partial charge in [-0.05, 0) is 36.4 Å². The van der Waals surface area contributed by atoms with Gasteiger partial charge in [0.05, 0.1) is 22.3 Å². The topological polar surface area (TPSA) is 377 Å². The van der Waals surface area contributed by atoms with Crippen LogP contribution in [0.2, 0.25) is 0 Å². The Bertz CT molecular complexity index is 2290. The number of phenols is 12. The molecule has 6 rings (SSSR count). The normalized spacial score (nSPS) is 20.3. The summed E-state index contributed by atoms with van der Waals surface area (Å²) in [6.07, 6.45) is -11.1. The summed E-state index contributed by atoms with van der Waals surface area (Å²) in [5, 5.41) is 133. The van der Waals surface area contributed by atoms with Gasteiger partial charge in [-0.3, -0.25) is 0 Å². The van der Waals surface area contributed by atoms with Crippen LogP contribution in [0.15, 0.2) is 36.4 Å². The van der Waals surface area contributed by atoms with Crippen molar-refractivity contribution in [1.82, 2.24) is 0 Å². The smallest absolute Gasteiger partial charge is 0.340 e. The molecule has 1 saturated heterocycles. The zero-order valence-electron chi connectivity index (χ0n) is 27.5. The average molecular weight is 787 g/mol. The molecule has 1 fully saturated rings. The lowest BCUT2D eigenvalue weighted by Crippen LogP contribution is -2.62. The van der Waals surface area contributed by atoms with Gasteiger partial charge < -0.3 is 90.1 Å². The minimum absolute atomic E-state index is 0.478. The number of benzene rings is 4. The first kappa shape index (κ1) is 38.0. The highest BCUT2D eigenvalue weighted by Crippen LogP contribution is 2.53. The summed E-state index contributed by atoms with van der Waals surface area (Å²) in [4.78, 5) is 53.8. The molecule has 5 atom stereocenters. The molecule has 0 saturated carbocycles. The van der Waals surface area contributed by atoms with Crippen LogP contribution < -0.4 is 0 Å². The van der Waals surface area contributed by atoms with Crippen molar-refractivity contribution in [1.29, 1.82) is 0 Å². The van der Waals surface area contributed by atoms with Crippen LogP contribution in [0.5, 0.6) is 69.0 Å². The molecule has 294 valence electrons. The Hall–Kier alpha value is -7.72. The van der Waals surface area contributed by atoms with E-state index in [1.807, 2.05) is 0 Å². The molecule has 13 N–H and O–H groups in total. The van der Waals surface area contributed by atoms with E-state index in [1.165, 1.54) is 0 Å². The van der Waals surface area contributed by atoms with Crippen LogP contribution in [0.4, 0.5) is 0 Å². The monoisotopic (exact) mass is 786 g/mol. The van der Waals surface area contributed by atoms with Crippen LogP contribution in [-0.4, -0.2) is 128 Å². The summed E-state index contributed by atoms with van der Waals surface area (Å²) in [5.41, 5.74) is -5.14. The maximum Gasteiger partial charge on any atom is 0.340 e. The molecule has 22 heteroatoms. The number of aromatic hydroxyl groups is 12. The van der Waals surface area contributed by atoms with E-state index < -0.39 is 164 Å². The largest absolute Gasteiger partial charge is 0.504 e. The highest BCUT2D eigenvalue weighted by molar-refractivity contribution is 6.08. The van der Waals surface area contributed by atoms with Gasteiger partial charge >= 0.3 is 23.9 Å². The quantitative estimate of drug-likeness (QED) is 0.0751. The number of esters is 4. The van der Waals surface area contributed by atoms with Crippen LogP contribution >= 0.6 is 0 Å². The molecule has 2 aliphatic rings. The SMILES string of the molecule is O=C(OC[C@H]1O[C@@H](OC(=O)c2cc(O)c(O)c(O)c2)[C@@H]2OC(=O)c3cc(O)c(O)c(O)c3-c3c(cc(O)c(O)c3O)C(=O)O[C@H]2[C@@H]1O)c1cc(O)c(O)c(O)c1. The first-order chi connectivity index (χ1) is 26.3. The van der Waals surface area contributed by atoms with E-state index in [1.54, 1.807) is 0 Å². The van der Waals surface area contributed by atoms with E-state index in [4.69, 9.17) is 23.7 Å². The van der Waals surface area contributed by atoms with E-state index in [0.29, 0.717) is 36.4 Å². The highest BCUT2D eigenvalue weighted by atomic mass is 16.7. The number of hydrogen-bond donors (Lipinski definition) is 13. The van der Waals surface area contributed by atoms with Crippen molar-refractivity contribution < 1.29 is 109 Å². The van der Waals surface area contributed by atoms with Gasteiger partial charge in [0.1, 0.15) is 18.8 Å². The molecule has 0 unspecified atom stereocenters. The second-order valence-corrected chi connectivity index (χ2v) is 12.0. The van der Waals surface area contributed by atoms with Crippen molar-refractivity contribution in [3.63, 3.8) is 0 Å². The Morgan fingerprint density at radius 3 is 1.38 bits per heavy atom. The van der Waals surface area contributed by atoms with Crippen molar-refractivity contribution in [3.8, 4) is 80.1 Å². The lowest BCUT2D eigenvalue weighted by Gasteiger charge is -2.43. The van der Waals surface area contributed by atoms with Gasteiger partial charge in [-0.2, -0.15) is 0 Å². The number of carbonyl (C=O) groups excluding carboxylic acids is 4. The lowest BCUT2D eigenvalue weighted by atomic mass is 9.91. The molecule has 0 amide bonds. The van der Waals surface area contributed by atoms with Crippen molar-refractivity contribution in [2.75, 3.05) is 6.61 Å². The molecular formula is C34H26O22. The van der Waals surface area contributed by atoms with Gasteiger partial charge in [-0.15, -0.1) is 0 Å². The van der Waals surface area contributed by atoms with Crippen LogP contribution in [0.3, 0.4) is 0 Å². The second kappa shape index (κ2) is 13.9. The first-order valence-electron chi connectivity index (χ1n) is 15.5. The molecule has 4 aromatic carbocycles. The molecule has 0 bridgehead atoms. The van der Waals surface area contributed by atoms with Crippen molar-refractivity contribution in [2.45, 2.75) is 30.7 Å². The van der Waals surface area contributed by atoms with Gasteiger partial charge in [0, 0.05) is 11.1 Å². The standard InChI is InChI=1S/C34H26O22/c35-12-1-8(2-13(36)21(12)41)30(48)52-7-18-25(45)28-29(34(53-18)56-31(49)9-3-14(37)22(42)15(38)4-9)55-33(51)11-6-17(40)24(44)27(47)20(11)19-10(32(50)54-28)5-16(39)23(43)26(19)46/h1-6,18,25,28-29,34-47H,7H2/t18-,25-,28+,29-,34+/m1/s1. The van der Waals surface area contributed by atoms with Crippen molar-refractivity contribution >= 4 is 23.9 Å². The van der Waals surface area contributed by atoms with E-state index in [-0.39, 0.29) is 0 Å². The van der Waals surface area contributed by atoms with Gasteiger partial charge in [0.2, 0.25) is 23.9 Å². The van der Waals surface area contributed by atoms with Gasteiger partial charge in [0.15, 0.2) is 63.6 Å². The maximum absolute atomic E-state index is 13.9. The third-order valence-electron chi connectivity index (χ3n) is 8.52. The minimum atomic E-state index is -2.35. The van der Waals surface area contributed by atoms with Gasteiger partial charge in [-0.25, -0.2) is 19.2 Å². The third-order valence-corrected chi connectivity index (χ3v) is 8.52. The number of fused-ring (bicyclic) bond motifs is 4. The molecule has 0 spiro atoms. The fourth-order valence-corrected chi connectivity index (χ4v) is 5.73. The Balaban J connectivity index is 1.46. The fourth-order valence-electron chi connectivity index (χ4n) is 5.73. The fraction of sp³-hybridized carbons (Fsp3) is 0.176. The minimum Gasteiger partial charge on any atom is -0.504 e. The molecule has 22 nitrogen and oxygen atoms in total. The summed E-state index contributed by atoms with van der Waals surface area (Å²) in [6, 6.07) is 3.58. The summed E-state index contributed by atoms with van der Waals surface area (Å²) >= 11 is 0. The molecule has 2 aliphatic heterocycles. The molecule has 0 aliphatic carbocycles. The number of rotatable bonds is 5. The van der Waals surface area contributed by atoms with Crippen LogP contribution in [-0.2, 0) is 23.7 Å². The summed E-state index contributed by atoms with van der Waals surface area (Å²) in [5.74, 6) is -19.8. The molecule has 0 radical (unpaired) electrons. The number of hydrogen-bond acceptors (Lipinski definition) is 22. The molecular weight excluding hydrogens is 760 g/mol. The van der Waals surface area contributed by atoms with E-state index in [2.05, 4.69) is 0 Å². The number of phenolic OH excluding ortho intramolecular Hbond substituents is 12. The summed E-state index contributed by atoms with van der Waals surface area (Å²) < 4.78 is 26.9. The highest BCUT2D eigenvalue weighted by Gasteiger charge is 2.53. The first-order valence-corrected chi connectivity index (χ1v) is 15.5. The molecule has 2 heterocycles. The Kier molecular flexibility index (Phi) is 9.45. The summed E-state index contributed by atoms with van der Waals surface area (Å²) in [6.45, 7) is -1.05. The van der Waals surface area contributed by atoms with Gasteiger partial charge in [0.25, 0.3) is 0 Å². The summed E-state index contributed by atoms with van der Waals surface area (Å²) in [7, 11) is 0.